The van der Waals surface area contributed by atoms with Crippen LogP contribution < -0.4 is 0 Å². The molecule has 2 rings (SSSR count). The molecule has 0 radical (unpaired) electrons. The highest BCUT2D eigenvalue weighted by Gasteiger charge is 2.37. The van der Waals surface area contributed by atoms with Gasteiger partial charge in [0.15, 0.2) is 0 Å². The third-order valence-corrected chi connectivity index (χ3v) is 4.16. The van der Waals surface area contributed by atoms with Crippen LogP contribution in [0, 0.1) is 6.92 Å². The highest BCUT2D eigenvalue weighted by Crippen LogP contribution is 2.20. The molecule has 2 aromatic rings. The molecule has 0 aromatic heterocycles. The highest BCUT2D eigenvalue weighted by atomic mass is 16.4. The summed E-state index contributed by atoms with van der Waals surface area (Å²) in [5.74, 6) is -1.22. The lowest BCUT2D eigenvalue weighted by Crippen LogP contribution is -2.53. The number of rotatable bonds is 6. The van der Waals surface area contributed by atoms with Crippen LogP contribution >= 0.6 is 0 Å². The minimum Gasteiger partial charge on any atom is -0.480 e. The second-order valence-corrected chi connectivity index (χ2v) is 6.49. The maximum Gasteiger partial charge on any atom is 0.329 e. The highest BCUT2D eigenvalue weighted by molar-refractivity contribution is 5.87. The Morgan fingerprint density at radius 2 is 1.54 bits per heavy atom. The average Bonchev–Trinajstić information content (AvgIpc) is 2.54. The molecule has 1 amide bonds. The van der Waals surface area contributed by atoms with E-state index in [-0.39, 0.29) is 18.9 Å². The zero-order valence-corrected chi connectivity index (χ0v) is 14.3. The maximum atomic E-state index is 12.8. The summed E-state index contributed by atoms with van der Waals surface area (Å²) in [5, 5.41) is 9.55. The van der Waals surface area contributed by atoms with Gasteiger partial charge in [0, 0.05) is 6.54 Å². The van der Waals surface area contributed by atoms with Crippen LogP contribution in [0.5, 0.6) is 0 Å². The van der Waals surface area contributed by atoms with Crippen molar-refractivity contribution in [3.8, 4) is 0 Å². The van der Waals surface area contributed by atoms with Crippen molar-refractivity contribution >= 4 is 11.9 Å². The van der Waals surface area contributed by atoms with Gasteiger partial charge in [-0.05, 0) is 31.9 Å². The first kappa shape index (κ1) is 17.7. The smallest absolute Gasteiger partial charge is 0.329 e. The number of carbonyl (C=O) groups is 2. The van der Waals surface area contributed by atoms with Gasteiger partial charge in [-0.2, -0.15) is 0 Å². The Labute approximate surface area is 142 Å². The molecule has 0 spiro atoms. The quantitative estimate of drug-likeness (QED) is 0.885. The fourth-order valence-corrected chi connectivity index (χ4v) is 2.45. The fraction of sp³-hybridized carbons (Fsp3) is 0.300. The number of carboxylic acids is 1. The van der Waals surface area contributed by atoms with Crippen molar-refractivity contribution in [3.63, 3.8) is 0 Å². The Hall–Kier alpha value is -2.62. The first-order chi connectivity index (χ1) is 11.3. The second kappa shape index (κ2) is 7.30. The summed E-state index contributed by atoms with van der Waals surface area (Å²) < 4.78 is 0. The molecule has 0 aliphatic heterocycles. The molecule has 4 heteroatoms. The predicted molar refractivity (Wildman–Crippen MR) is 93.6 cm³/mol. The Kier molecular flexibility index (Phi) is 5.39. The van der Waals surface area contributed by atoms with Crippen molar-refractivity contribution < 1.29 is 14.7 Å². The van der Waals surface area contributed by atoms with Gasteiger partial charge in [0.25, 0.3) is 0 Å². The van der Waals surface area contributed by atoms with Gasteiger partial charge >= 0.3 is 5.97 Å². The molecule has 1 N–H and O–H groups in total. The molecule has 0 aliphatic rings. The summed E-state index contributed by atoms with van der Waals surface area (Å²) in [5.41, 5.74) is 1.63. The monoisotopic (exact) mass is 325 g/mol. The molecule has 4 nitrogen and oxygen atoms in total. The van der Waals surface area contributed by atoms with Crippen molar-refractivity contribution in [1.29, 1.82) is 0 Å². The first-order valence-corrected chi connectivity index (χ1v) is 7.94. The van der Waals surface area contributed by atoms with E-state index in [4.69, 9.17) is 0 Å². The lowest BCUT2D eigenvalue weighted by Gasteiger charge is -2.35. The lowest BCUT2D eigenvalue weighted by molar-refractivity contribution is -0.157. The lowest BCUT2D eigenvalue weighted by atomic mass is 9.99. The van der Waals surface area contributed by atoms with E-state index in [1.165, 1.54) is 4.90 Å². The molecule has 0 unspecified atom stereocenters. The standard InChI is InChI=1S/C20H23NO3/c1-15-9-11-17(12-10-15)14-21(20(2,3)19(23)24)18(22)13-16-7-5-4-6-8-16/h4-12H,13-14H2,1-3H3,(H,23,24). The van der Waals surface area contributed by atoms with E-state index in [1.807, 2.05) is 61.5 Å². The molecular formula is C20H23NO3. The van der Waals surface area contributed by atoms with E-state index in [1.54, 1.807) is 13.8 Å². The summed E-state index contributed by atoms with van der Waals surface area (Å²) in [6.07, 6.45) is 0.184. The number of aliphatic carboxylic acids is 1. The molecular weight excluding hydrogens is 302 g/mol. The van der Waals surface area contributed by atoms with Crippen LogP contribution in [0.15, 0.2) is 54.6 Å². The van der Waals surface area contributed by atoms with Crippen molar-refractivity contribution in [2.45, 2.75) is 39.3 Å². The minimum atomic E-state index is -1.28. The van der Waals surface area contributed by atoms with Crippen LogP contribution in [0.3, 0.4) is 0 Å². The molecule has 0 saturated carbocycles. The molecule has 0 bridgehead atoms. The van der Waals surface area contributed by atoms with Gasteiger partial charge in [-0.1, -0.05) is 60.2 Å². The third kappa shape index (κ3) is 4.22. The van der Waals surface area contributed by atoms with Gasteiger partial charge in [-0.15, -0.1) is 0 Å². The number of hydrogen-bond donors (Lipinski definition) is 1. The van der Waals surface area contributed by atoms with Gasteiger partial charge in [-0.25, -0.2) is 4.79 Å². The third-order valence-electron chi connectivity index (χ3n) is 4.16. The molecule has 0 fully saturated rings. The Morgan fingerprint density at radius 1 is 0.958 bits per heavy atom. The van der Waals surface area contributed by atoms with Crippen LogP contribution in [0.2, 0.25) is 0 Å². The van der Waals surface area contributed by atoms with Crippen LogP contribution in [-0.4, -0.2) is 27.4 Å². The summed E-state index contributed by atoms with van der Waals surface area (Å²) >= 11 is 0. The molecule has 126 valence electrons. The summed E-state index contributed by atoms with van der Waals surface area (Å²) in [7, 11) is 0. The van der Waals surface area contributed by atoms with Crippen LogP contribution in [0.1, 0.15) is 30.5 Å². The van der Waals surface area contributed by atoms with Gasteiger partial charge in [-0.3, -0.25) is 4.79 Å². The van der Waals surface area contributed by atoms with E-state index >= 15 is 0 Å². The van der Waals surface area contributed by atoms with Crippen LogP contribution in [0.25, 0.3) is 0 Å². The topological polar surface area (TPSA) is 57.6 Å². The number of benzene rings is 2. The molecule has 0 aliphatic carbocycles. The number of carboxylic acid groups (broad SMARTS) is 1. The largest absolute Gasteiger partial charge is 0.480 e. The van der Waals surface area contributed by atoms with Crippen LogP contribution in [-0.2, 0) is 22.6 Å². The van der Waals surface area contributed by atoms with Gasteiger partial charge < -0.3 is 10.0 Å². The number of nitrogens with zero attached hydrogens (tertiary/aromatic N) is 1. The summed E-state index contributed by atoms with van der Waals surface area (Å²) in [6, 6.07) is 17.1. The van der Waals surface area contributed by atoms with E-state index in [0.717, 1.165) is 16.7 Å². The molecule has 0 saturated heterocycles. The number of aryl methyl sites for hydroxylation is 1. The Bertz CT molecular complexity index is 705. The van der Waals surface area contributed by atoms with E-state index < -0.39 is 11.5 Å². The van der Waals surface area contributed by atoms with E-state index in [9.17, 15) is 14.7 Å². The first-order valence-electron chi connectivity index (χ1n) is 7.94. The molecule has 24 heavy (non-hydrogen) atoms. The normalized spacial score (nSPS) is 11.1. The average molecular weight is 325 g/mol. The maximum absolute atomic E-state index is 12.8. The predicted octanol–water partition coefficient (Wildman–Crippen LogP) is 3.43. The van der Waals surface area contributed by atoms with E-state index in [0.29, 0.717) is 0 Å². The molecule has 0 heterocycles. The number of hydrogen-bond acceptors (Lipinski definition) is 2. The number of carbonyl (C=O) groups excluding carboxylic acids is 1. The van der Waals surface area contributed by atoms with Crippen molar-refractivity contribution in [2.24, 2.45) is 0 Å². The zero-order valence-electron chi connectivity index (χ0n) is 14.3. The molecule has 0 atom stereocenters. The van der Waals surface area contributed by atoms with Gasteiger partial charge in [0.1, 0.15) is 5.54 Å². The Balaban J connectivity index is 2.26. The second-order valence-electron chi connectivity index (χ2n) is 6.49. The Morgan fingerprint density at radius 3 is 2.08 bits per heavy atom. The number of amides is 1. The SMILES string of the molecule is Cc1ccc(CN(C(=O)Cc2ccccc2)C(C)(C)C(=O)O)cc1. The summed E-state index contributed by atoms with van der Waals surface area (Å²) in [6.45, 7) is 5.38. The fourth-order valence-electron chi connectivity index (χ4n) is 2.45. The zero-order chi connectivity index (χ0) is 17.7. The van der Waals surface area contributed by atoms with Crippen molar-refractivity contribution in [1.82, 2.24) is 4.90 Å². The summed E-state index contributed by atoms with van der Waals surface area (Å²) in [4.78, 5) is 25.9. The van der Waals surface area contributed by atoms with E-state index in [2.05, 4.69) is 0 Å². The molecule has 2 aromatic carbocycles. The van der Waals surface area contributed by atoms with Gasteiger partial charge in [0.2, 0.25) is 5.91 Å². The van der Waals surface area contributed by atoms with Crippen molar-refractivity contribution in [2.75, 3.05) is 0 Å². The van der Waals surface area contributed by atoms with Crippen molar-refractivity contribution in [3.05, 3.63) is 71.3 Å². The van der Waals surface area contributed by atoms with Gasteiger partial charge in [0.05, 0.1) is 6.42 Å². The van der Waals surface area contributed by atoms with Crippen LogP contribution in [0.4, 0.5) is 0 Å². The minimum absolute atomic E-state index is 0.184.